The van der Waals surface area contributed by atoms with E-state index in [4.69, 9.17) is 0 Å². The van der Waals surface area contributed by atoms with E-state index >= 15 is 0 Å². The van der Waals surface area contributed by atoms with Crippen LogP contribution in [0.3, 0.4) is 0 Å². The Balaban J connectivity index is 1.46. The van der Waals surface area contributed by atoms with Crippen LogP contribution in [0.2, 0.25) is 0 Å². The molecule has 1 aliphatic heterocycles. The molecular formula is C20H22BrN3. The molecule has 0 bridgehead atoms. The Morgan fingerprint density at radius 2 is 2.04 bits per heavy atom. The molecule has 4 rings (SSSR count). The van der Waals surface area contributed by atoms with Gasteiger partial charge in [-0.05, 0) is 52.9 Å². The first-order valence-corrected chi connectivity index (χ1v) is 9.37. The number of hydrogen-bond acceptors (Lipinski definition) is 2. The van der Waals surface area contributed by atoms with Crippen molar-refractivity contribution in [2.75, 3.05) is 6.54 Å². The average Bonchev–Trinajstić information content (AvgIpc) is 3.12. The number of hydrogen-bond donors (Lipinski definition) is 0. The second-order valence-corrected chi connectivity index (χ2v) is 7.82. The summed E-state index contributed by atoms with van der Waals surface area (Å²) in [7, 11) is 0. The first kappa shape index (κ1) is 15.9. The van der Waals surface area contributed by atoms with Gasteiger partial charge in [-0.15, -0.1) is 0 Å². The maximum atomic E-state index is 4.59. The molecule has 0 spiro atoms. The van der Waals surface area contributed by atoms with Gasteiger partial charge in [0.2, 0.25) is 0 Å². The molecule has 3 aromatic rings. The summed E-state index contributed by atoms with van der Waals surface area (Å²) in [5, 5.41) is 1.21. The molecule has 0 N–H and O–H groups in total. The maximum absolute atomic E-state index is 4.59. The third-order valence-electron chi connectivity index (χ3n) is 5.04. The lowest BCUT2D eigenvalue weighted by atomic mass is 10.1. The molecule has 124 valence electrons. The zero-order valence-corrected chi connectivity index (χ0v) is 15.5. The molecule has 1 saturated heterocycles. The molecule has 24 heavy (non-hydrogen) atoms. The van der Waals surface area contributed by atoms with E-state index in [1.807, 2.05) is 6.20 Å². The van der Waals surface area contributed by atoms with Crippen LogP contribution in [0.5, 0.6) is 0 Å². The number of aromatic nitrogens is 2. The lowest BCUT2D eigenvalue weighted by molar-refractivity contribution is 0.253. The molecule has 2 atom stereocenters. The van der Waals surface area contributed by atoms with E-state index in [1.54, 1.807) is 0 Å². The van der Waals surface area contributed by atoms with Gasteiger partial charge in [0.05, 0.1) is 0 Å². The van der Waals surface area contributed by atoms with Crippen LogP contribution in [-0.4, -0.2) is 27.0 Å². The Morgan fingerprint density at radius 3 is 2.88 bits per heavy atom. The fourth-order valence-corrected chi connectivity index (χ4v) is 4.21. The van der Waals surface area contributed by atoms with Crippen LogP contribution in [0.1, 0.15) is 18.9 Å². The van der Waals surface area contributed by atoms with Gasteiger partial charge in [-0.1, -0.05) is 30.3 Å². The molecule has 4 heteroatoms. The molecule has 0 saturated carbocycles. The van der Waals surface area contributed by atoms with Gasteiger partial charge in [-0.25, -0.2) is 4.98 Å². The minimum absolute atomic E-state index is 0.638. The molecule has 0 radical (unpaired) electrons. The smallest absolute Gasteiger partial charge is 0.139 e. The zero-order chi connectivity index (χ0) is 16.5. The Kier molecular flexibility index (Phi) is 4.42. The fraction of sp³-hybridized carbons (Fsp3) is 0.350. The van der Waals surface area contributed by atoms with Crippen LogP contribution in [0, 0.1) is 5.92 Å². The fourth-order valence-electron chi connectivity index (χ4n) is 3.86. The number of nitrogens with zero attached hydrogens (tertiary/aromatic N) is 3. The van der Waals surface area contributed by atoms with Crippen LogP contribution in [0.25, 0.3) is 11.0 Å². The van der Waals surface area contributed by atoms with Crippen molar-refractivity contribution in [3.05, 3.63) is 64.9 Å². The van der Waals surface area contributed by atoms with Gasteiger partial charge in [0.25, 0.3) is 0 Å². The van der Waals surface area contributed by atoms with Gasteiger partial charge >= 0.3 is 0 Å². The number of likely N-dealkylation sites (tertiary alicyclic amines) is 1. The maximum Gasteiger partial charge on any atom is 0.139 e. The van der Waals surface area contributed by atoms with Gasteiger partial charge in [-0.2, -0.15) is 0 Å². The summed E-state index contributed by atoms with van der Waals surface area (Å²) in [6.07, 6.45) is 5.31. The van der Waals surface area contributed by atoms with Crippen molar-refractivity contribution in [2.45, 2.75) is 32.5 Å². The van der Waals surface area contributed by atoms with Crippen LogP contribution < -0.4 is 0 Å². The average molecular weight is 384 g/mol. The quantitative estimate of drug-likeness (QED) is 0.650. The van der Waals surface area contributed by atoms with Gasteiger partial charge in [0, 0.05) is 47.9 Å². The summed E-state index contributed by atoms with van der Waals surface area (Å²) in [5.74, 6) is 0.685. The van der Waals surface area contributed by atoms with Crippen LogP contribution in [0.15, 0.2) is 59.3 Å². The molecule has 2 aromatic heterocycles. The second kappa shape index (κ2) is 6.69. The third-order valence-corrected chi connectivity index (χ3v) is 5.48. The highest BCUT2D eigenvalue weighted by molar-refractivity contribution is 9.10. The van der Waals surface area contributed by atoms with Crippen molar-refractivity contribution in [2.24, 2.45) is 5.92 Å². The van der Waals surface area contributed by atoms with E-state index < -0.39 is 0 Å². The number of halogens is 1. The third kappa shape index (κ3) is 3.26. The predicted octanol–water partition coefficient (Wildman–Crippen LogP) is 4.71. The summed E-state index contributed by atoms with van der Waals surface area (Å²) in [4.78, 5) is 7.20. The lowest BCUT2D eigenvalue weighted by Crippen LogP contribution is -2.26. The molecule has 1 fully saturated rings. The van der Waals surface area contributed by atoms with Gasteiger partial charge in [0.15, 0.2) is 0 Å². The largest absolute Gasteiger partial charge is 0.332 e. The molecule has 0 amide bonds. The Labute approximate surface area is 151 Å². The van der Waals surface area contributed by atoms with Gasteiger partial charge < -0.3 is 4.57 Å². The number of fused-ring (bicyclic) bond motifs is 1. The minimum Gasteiger partial charge on any atom is -0.332 e. The molecule has 3 heterocycles. The summed E-state index contributed by atoms with van der Waals surface area (Å²) in [6.45, 7) is 5.61. The van der Waals surface area contributed by atoms with E-state index in [-0.39, 0.29) is 0 Å². The molecule has 1 aromatic carbocycles. The van der Waals surface area contributed by atoms with Crippen LogP contribution in [0.4, 0.5) is 0 Å². The summed E-state index contributed by atoms with van der Waals surface area (Å²) in [5.41, 5.74) is 2.50. The summed E-state index contributed by atoms with van der Waals surface area (Å²) in [6, 6.07) is 15.7. The Morgan fingerprint density at radius 1 is 1.21 bits per heavy atom. The highest BCUT2D eigenvalue weighted by atomic mass is 79.9. The predicted molar refractivity (Wildman–Crippen MR) is 102 cm³/mol. The van der Waals surface area contributed by atoms with E-state index in [1.165, 1.54) is 17.4 Å². The molecule has 3 nitrogen and oxygen atoms in total. The van der Waals surface area contributed by atoms with E-state index in [0.29, 0.717) is 12.0 Å². The highest BCUT2D eigenvalue weighted by Crippen LogP contribution is 2.27. The van der Waals surface area contributed by atoms with Crippen LogP contribution >= 0.6 is 15.9 Å². The Bertz CT molecular complexity index is 827. The van der Waals surface area contributed by atoms with Crippen molar-refractivity contribution >= 4 is 27.0 Å². The van der Waals surface area contributed by atoms with E-state index in [0.717, 1.165) is 29.8 Å². The van der Waals surface area contributed by atoms with Gasteiger partial charge in [-0.3, -0.25) is 4.90 Å². The second-order valence-electron chi connectivity index (χ2n) is 6.90. The number of pyridine rings is 1. The minimum atomic E-state index is 0.638. The summed E-state index contributed by atoms with van der Waals surface area (Å²) < 4.78 is 3.35. The zero-order valence-electron chi connectivity index (χ0n) is 13.9. The van der Waals surface area contributed by atoms with E-state index in [2.05, 4.69) is 86.0 Å². The van der Waals surface area contributed by atoms with E-state index in [9.17, 15) is 0 Å². The lowest BCUT2D eigenvalue weighted by Gasteiger charge is -2.21. The first-order chi connectivity index (χ1) is 11.7. The number of rotatable bonds is 4. The molecular weight excluding hydrogens is 362 g/mol. The van der Waals surface area contributed by atoms with Gasteiger partial charge in [0.1, 0.15) is 5.65 Å². The Hall–Kier alpha value is -1.65. The van der Waals surface area contributed by atoms with Crippen molar-refractivity contribution in [3.63, 3.8) is 0 Å². The van der Waals surface area contributed by atoms with Crippen molar-refractivity contribution in [1.82, 2.24) is 14.5 Å². The summed E-state index contributed by atoms with van der Waals surface area (Å²) >= 11 is 3.50. The standard InChI is InChI=1S/C20H22BrN3/c1-15-9-17(14-24(15)12-16-5-3-2-4-6-16)13-23-8-7-18-10-19(21)11-22-20(18)23/h2-8,10-11,15,17H,9,12-14H2,1H3/t15-,17+/m0/s1. The van der Waals surface area contributed by atoms with Crippen molar-refractivity contribution in [3.8, 4) is 0 Å². The highest BCUT2D eigenvalue weighted by Gasteiger charge is 2.29. The first-order valence-electron chi connectivity index (χ1n) is 8.57. The van der Waals surface area contributed by atoms with Crippen LogP contribution in [-0.2, 0) is 13.1 Å². The molecule has 0 unspecified atom stereocenters. The molecule has 0 aliphatic carbocycles. The topological polar surface area (TPSA) is 21.1 Å². The normalized spacial score (nSPS) is 21.6. The monoisotopic (exact) mass is 383 g/mol. The van der Waals surface area contributed by atoms with Crippen molar-refractivity contribution < 1.29 is 0 Å². The molecule has 1 aliphatic rings. The van der Waals surface area contributed by atoms with Crippen molar-refractivity contribution in [1.29, 1.82) is 0 Å². The SMILES string of the molecule is C[C@H]1C[C@H](Cn2ccc3cc(Br)cnc32)CN1Cc1ccccc1. The number of benzene rings is 1.